The Morgan fingerprint density at radius 1 is 1.06 bits per heavy atom. The number of aryl methyl sites for hydroxylation is 1. The van der Waals surface area contributed by atoms with E-state index in [4.69, 9.17) is 0 Å². The molecule has 1 N–H and O–H groups in total. The van der Waals surface area contributed by atoms with Gasteiger partial charge in [-0.15, -0.1) is 0 Å². The molecule has 2 aromatic rings. The molecule has 0 unspecified atom stereocenters. The minimum atomic E-state index is 0.449. The number of aldehydes is 1. The third-order valence-corrected chi connectivity index (χ3v) is 3.07. The lowest BCUT2D eigenvalue weighted by Gasteiger charge is -2.10. The lowest BCUT2D eigenvalue weighted by atomic mass is 10.0. The Kier molecular flexibility index (Phi) is 3.78. The highest BCUT2D eigenvalue weighted by Crippen LogP contribution is 2.26. The van der Waals surface area contributed by atoms with Gasteiger partial charge >= 0.3 is 0 Å². The van der Waals surface area contributed by atoms with Crippen molar-refractivity contribution in [3.8, 4) is 11.1 Å². The number of nitrogens with one attached hydrogen (secondary N) is 1. The smallest absolute Gasteiger partial charge is 0.124 e. The molecular formula is C16H17NO. The molecule has 0 aliphatic rings. The molecule has 0 atom stereocenters. The summed E-state index contributed by atoms with van der Waals surface area (Å²) in [6, 6.07) is 14.6. The largest absolute Gasteiger partial charge is 0.388 e. The second-order valence-corrected chi connectivity index (χ2v) is 4.36. The maximum absolute atomic E-state index is 10.6. The molecule has 2 aromatic carbocycles. The minimum absolute atomic E-state index is 0.449. The van der Waals surface area contributed by atoms with E-state index >= 15 is 0 Å². The molecule has 0 spiro atoms. The van der Waals surface area contributed by atoms with Crippen LogP contribution in [0.1, 0.15) is 11.1 Å². The van der Waals surface area contributed by atoms with Crippen LogP contribution in [0.25, 0.3) is 11.1 Å². The Morgan fingerprint density at radius 2 is 1.72 bits per heavy atom. The molecule has 18 heavy (non-hydrogen) atoms. The van der Waals surface area contributed by atoms with Gasteiger partial charge in [-0.05, 0) is 29.7 Å². The van der Waals surface area contributed by atoms with Crippen LogP contribution in [0, 0.1) is 6.92 Å². The summed E-state index contributed by atoms with van der Waals surface area (Å²) in [6.45, 7) is 2.08. The van der Waals surface area contributed by atoms with E-state index in [-0.39, 0.29) is 0 Å². The molecule has 2 nitrogen and oxygen atoms in total. The number of carbonyl (C=O) groups is 1. The molecule has 0 amide bonds. The van der Waals surface area contributed by atoms with Crippen molar-refractivity contribution in [3.63, 3.8) is 0 Å². The van der Waals surface area contributed by atoms with Gasteiger partial charge in [-0.2, -0.15) is 0 Å². The SMILES string of the molecule is CNc1cc(-c2ccc(C)cc2)ccc1CC=O. The summed E-state index contributed by atoms with van der Waals surface area (Å²) < 4.78 is 0. The maximum Gasteiger partial charge on any atom is 0.124 e. The van der Waals surface area contributed by atoms with Crippen LogP contribution in [0.5, 0.6) is 0 Å². The van der Waals surface area contributed by atoms with E-state index in [0.717, 1.165) is 23.1 Å². The average molecular weight is 239 g/mol. The normalized spacial score (nSPS) is 10.1. The summed E-state index contributed by atoms with van der Waals surface area (Å²) in [6.07, 6.45) is 1.38. The van der Waals surface area contributed by atoms with E-state index in [2.05, 4.69) is 48.6 Å². The number of anilines is 1. The van der Waals surface area contributed by atoms with Crippen LogP contribution in [0.3, 0.4) is 0 Å². The number of carbonyl (C=O) groups excluding carboxylic acids is 1. The van der Waals surface area contributed by atoms with Gasteiger partial charge in [-0.25, -0.2) is 0 Å². The molecule has 0 aromatic heterocycles. The van der Waals surface area contributed by atoms with Gasteiger partial charge in [-0.3, -0.25) is 0 Å². The van der Waals surface area contributed by atoms with Crippen molar-refractivity contribution >= 4 is 12.0 Å². The zero-order valence-corrected chi connectivity index (χ0v) is 10.7. The summed E-state index contributed by atoms with van der Waals surface area (Å²) in [4.78, 5) is 10.6. The van der Waals surface area contributed by atoms with E-state index in [9.17, 15) is 4.79 Å². The first-order chi connectivity index (χ1) is 8.74. The highest BCUT2D eigenvalue weighted by Gasteiger charge is 2.04. The van der Waals surface area contributed by atoms with Crippen LogP contribution in [0.4, 0.5) is 5.69 Å². The maximum atomic E-state index is 10.6. The molecule has 0 saturated heterocycles. The third kappa shape index (κ3) is 2.59. The van der Waals surface area contributed by atoms with Crippen molar-refractivity contribution in [2.24, 2.45) is 0 Å². The van der Waals surface area contributed by atoms with Gasteiger partial charge in [0.1, 0.15) is 6.29 Å². The molecule has 0 heterocycles. The van der Waals surface area contributed by atoms with Gasteiger partial charge in [0.05, 0.1) is 0 Å². The lowest BCUT2D eigenvalue weighted by Crippen LogP contribution is -1.96. The summed E-state index contributed by atoms with van der Waals surface area (Å²) in [5.74, 6) is 0. The van der Waals surface area contributed by atoms with E-state index in [0.29, 0.717) is 6.42 Å². The Morgan fingerprint density at radius 3 is 2.33 bits per heavy atom. The van der Waals surface area contributed by atoms with Crippen molar-refractivity contribution in [3.05, 3.63) is 53.6 Å². The topological polar surface area (TPSA) is 29.1 Å². The molecule has 0 radical (unpaired) electrons. The average Bonchev–Trinajstić information content (AvgIpc) is 2.40. The zero-order valence-electron chi connectivity index (χ0n) is 10.7. The summed E-state index contributed by atoms with van der Waals surface area (Å²) in [5.41, 5.74) is 5.65. The molecule has 0 aliphatic carbocycles. The van der Waals surface area contributed by atoms with Gasteiger partial charge in [0.2, 0.25) is 0 Å². The fourth-order valence-electron chi connectivity index (χ4n) is 2.00. The highest BCUT2D eigenvalue weighted by atomic mass is 16.1. The second-order valence-electron chi connectivity index (χ2n) is 4.36. The molecule has 0 saturated carbocycles. The van der Waals surface area contributed by atoms with E-state index < -0.39 is 0 Å². The zero-order chi connectivity index (χ0) is 13.0. The highest BCUT2D eigenvalue weighted by molar-refractivity contribution is 5.72. The van der Waals surface area contributed by atoms with Crippen molar-refractivity contribution in [1.29, 1.82) is 0 Å². The van der Waals surface area contributed by atoms with Gasteiger partial charge < -0.3 is 10.1 Å². The van der Waals surface area contributed by atoms with E-state index in [1.165, 1.54) is 11.1 Å². The Bertz CT molecular complexity index is 544. The quantitative estimate of drug-likeness (QED) is 0.828. The van der Waals surface area contributed by atoms with Crippen molar-refractivity contribution in [2.75, 3.05) is 12.4 Å². The Labute approximate surface area is 108 Å². The summed E-state index contributed by atoms with van der Waals surface area (Å²) >= 11 is 0. The Balaban J connectivity index is 2.40. The first-order valence-corrected chi connectivity index (χ1v) is 6.06. The van der Waals surface area contributed by atoms with Crippen LogP contribution in [-0.4, -0.2) is 13.3 Å². The third-order valence-electron chi connectivity index (χ3n) is 3.07. The number of rotatable bonds is 4. The predicted molar refractivity (Wildman–Crippen MR) is 75.9 cm³/mol. The number of hydrogen-bond donors (Lipinski definition) is 1. The fraction of sp³-hybridized carbons (Fsp3) is 0.188. The van der Waals surface area contributed by atoms with Gasteiger partial charge in [0, 0.05) is 19.2 Å². The van der Waals surface area contributed by atoms with E-state index in [1.54, 1.807) is 0 Å². The molecule has 0 bridgehead atoms. The van der Waals surface area contributed by atoms with Crippen LogP contribution >= 0.6 is 0 Å². The Hall–Kier alpha value is -2.09. The number of hydrogen-bond acceptors (Lipinski definition) is 2. The monoisotopic (exact) mass is 239 g/mol. The van der Waals surface area contributed by atoms with Crippen LogP contribution in [0.2, 0.25) is 0 Å². The summed E-state index contributed by atoms with van der Waals surface area (Å²) in [7, 11) is 1.88. The van der Waals surface area contributed by atoms with Gasteiger partial charge in [0.25, 0.3) is 0 Å². The van der Waals surface area contributed by atoms with E-state index in [1.807, 2.05) is 13.1 Å². The molecular weight excluding hydrogens is 222 g/mol. The van der Waals surface area contributed by atoms with Crippen molar-refractivity contribution < 1.29 is 4.79 Å². The molecule has 2 heteroatoms. The number of benzene rings is 2. The van der Waals surface area contributed by atoms with Crippen LogP contribution in [0.15, 0.2) is 42.5 Å². The lowest BCUT2D eigenvalue weighted by molar-refractivity contribution is -0.107. The molecule has 92 valence electrons. The standard InChI is InChI=1S/C16H17NO/c1-12-3-5-13(6-4-12)15-8-7-14(9-10-18)16(11-15)17-2/h3-8,10-11,17H,9H2,1-2H3. The van der Waals surface area contributed by atoms with Crippen LogP contribution in [-0.2, 0) is 11.2 Å². The molecule has 2 rings (SSSR count). The van der Waals surface area contributed by atoms with Gasteiger partial charge in [-0.1, -0.05) is 42.0 Å². The summed E-state index contributed by atoms with van der Waals surface area (Å²) in [5, 5.41) is 3.14. The molecule has 0 fully saturated rings. The first-order valence-electron chi connectivity index (χ1n) is 6.06. The van der Waals surface area contributed by atoms with Crippen LogP contribution < -0.4 is 5.32 Å². The minimum Gasteiger partial charge on any atom is -0.388 e. The second kappa shape index (κ2) is 5.50. The fourth-order valence-corrected chi connectivity index (χ4v) is 2.00. The predicted octanol–water partition coefficient (Wildman–Crippen LogP) is 3.45. The molecule has 0 aliphatic heterocycles. The van der Waals surface area contributed by atoms with Crippen molar-refractivity contribution in [2.45, 2.75) is 13.3 Å². The van der Waals surface area contributed by atoms with Gasteiger partial charge in [0.15, 0.2) is 0 Å². The van der Waals surface area contributed by atoms with Crippen molar-refractivity contribution in [1.82, 2.24) is 0 Å². The first kappa shape index (κ1) is 12.4.